The monoisotopic (exact) mass is 609 g/mol. The Hall–Kier alpha value is -5.36. The number of benzene rings is 6. The third-order valence-corrected chi connectivity index (χ3v) is 11.1. The minimum absolute atomic E-state index is 0.741. The van der Waals surface area contributed by atoms with Crippen molar-refractivity contribution in [2.24, 2.45) is 0 Å². The number of para-hydroxylation sites is 1. The van der Waals surface area contributed by atoms with E-state index in [-0.39, 0.29) is 0 Å². The van der Waals surface area contributed by atoms with E-state index in [1.54, 1.807) is 11.3 Å². The summed E-state index contributed by atoms with van der Waals surface area (Å²) in [4.78, 5) is 10.4. The zero-order chi connectivity index (χ0) is 29.5. The van der Waals surface area contributed by atoms with Crippen molar-refractivity contribution in [3.05, 3.63) is 140 Å². The molecule has 5 heteroatoms. The molecule has 4 heterocycles. The topological polar surface area (TPSA) is 30.7 Å². The number of hydrogen-bond acceptors (Lipinski definition) is 4. The van der Waals surface area contributed by atoms with Crippen molar-refractivity contribution in [1.29, 1.82) is 0 Å². The maximum atomic E-state index is 5.19. The molecule has 0 atom stereocenters. The largest absolute Gasteiger partial charge is 0.309 e. The molecule has 210 valence electrons. The normalized spacial score (nSPS) is 12.0. The van der Waals surface area contributed by atoms with Gasteiger partial charge in [-0.3, -0.25) is 0 Å². The molecule has 0 spiro atoms. The molecule has 0 radical (unpaired) electrons. The van der Waals surface area contributed by atoms with Gasteiger partial charge in [-0.2, -0.15) is 0 Å². The molecule has 0 aliphatic rings. The van der Waals surface area contributed by atoms with Gasteiger partial charge in [0.05, 0.1) is 26.9 Å². The van der Waals surface area contributed by atoms with Gasteiger partial charge in [-0.25, -0.2) is 9.97 Å². The second-order valence-electron chi connectivity index (χ2n) is 11.4. The summed E-state index contributed by atoms with van der Waals surface area (Å²) in [7, 11) is 0. The lowest BCUT2D eigenvalue weighted by molar-refractivity contribution is 1.18. The van der Waals surface area contributed by atoms with Gasteiger partial charge in [0, 0.05) is 57.8 Å². The fourth-order valence-electron chi connectivity index (χ4n) is 6.80. The van der Waals surface area contributed by atoms with Gasteiger partial charge in [-0.1, -0.05) is 91.0 Å². The van der Waals surface area contributed by atoms with Crippen molar-refractivity contribution < 1.29 is 0 Å². The molecule has 6 aromatic carbocycles. The van der Waals surface area contributed by atoms with E-state index >= 15 is 0 Å². The highest BCUT2D eigenvalue weighted by atomic mass is 32.1. The summed E-state index contributed by atoms with van der Waals surface area (Å²) in [5.74, 6) is 0.741. The minimum Gasteiger partial charge on any atom is -0.309 e. The lowest BCUT2D eigenvalue weighted by Gasteiger charge is -2.11. The molecular formula is C40H23N3S2. The van der Waals surface area contributed by atoms with Crippen LogP contribution in [0.15, 0.2) is 140 Å². The average molecular weight is 610 g/mol. The second kappa shape index (κ2) is 9.57. The lowest BCUT2D eigenvalue weighted by atomic mass is 10.1. The quantitative estimate of drug-likeness (QED) is 0.199. The molecule has 0 aliphatic heterocycles. The zero-order valence-corrected chi connectivity index (χ0v) is 25.6. The fraction of sp³-hybridized carbons (Fsp3) is 0. The predicted octanol–water partition coefficient (Wildman–Crippen LogP) is 11.6. The Morgan fingerprint density at radius 1 is 0.467 bits per heavy atom. The Balaban J connectivity index is 1.21. The highest BCUT2D eigenvalue weighted by Crippen LogP contribution is 2.43. The van der Waals surface area contributed by atoms with Crippen LogP contribution < -0.4 is 0 Å². The van der Waals surface area contributed by atoms with Gasteiger partial charge in [0.15, 0.2) is 5.82 Å². The maximum Gasteiger partial charge on any atom is 0.160 e. The Labute approximate surface area is 266 Å². The maximum absolute atomic E-state index is 5.19. The molecule has 10 rings (SSSR count). The SMILES string of the molecule is c1ccc(-c2nc(-c3ccc(-n4c5ccccc5c5ccc6sc7ccccc7c6c54)cc3)nc3c2sc2ccccc23)cc1. The van der Waals surface area contributed by atoms with Crippen LogP contribution in [0.25, 0.3) is 90.6 Å². The van der Waals surface area contributed by atoms with Crippen molar-refractivity contribution in [2.75, 3.05) is 0 Å². The third kappa shape index (κ3) is 3.69. The molecule has 45 heavy (non-hydrogen) atoms. The first-order chi connectivity index (χ1) is 22.3. The number of rotatable bonds is 3. The molecule has 0 saturated heterocycles. The molecule has 0 fully saturated rings. The van der Waals surface area contributed by atoms with Crippen LogP contribution in [-0.4, -0.2) is 14.5 Å². The Morgan fingerprint density at radius 2 is 1.16 bits per heavy atom. The fourth-order valence-corrected chi connectivity index (χ4v) is 9.07. The molecule has 3 nitrogen and oxygen atoms in total. The van der Waals surface area contributed by atoms with Crippen molar-refractivity contribution >= 4 is 85.0 Å². The molecule has 0 saturated carbocycles. The van der Waals surface area contributed by atoms with Crippen molar-refractivity contribution in [2.45, 2.75) is 0 Å². The van der Waals surface area contributed by atoms with Gasteiger partial charge in [0.2, 0.25) is 0 Å². The van der Waals surface area contributed by atoms with Crippen molar-refractivity contribution in [3.8, 4) is 28.3 Å². The van der Waals surface area contributed by atoms with Gasteiger partial charge in [-0.15, -0.1) is 22.7 Å². The number of fused-ring (bicyclic) bond motifs is 10. The van der Waals surface area contributed by atoms with Crippen LogP contribution in [0.4, 0.5) is 0 Å². The first kappa shape index (κ1) is 25.0. The summed E-state index contributed by atoms with van der Waals surface area (Å²) in [5, 5.41) is 6.34. The van der Waals surface area contributed by atoms with E-state index in [1.165, 1.54) is 52.1 Å². The molecular weight excluding hydrogens is 587 g/mol. The van der Waals surface area contributed by atoms with Crippen LogP contribution in [0, 0.1) is 0 Å². The first-order valence-corrected chi connectivity index (χ1v) is 16.6. The molecule has 10 aromatic rings. The summed E-state index contributed by atoms with van der Waals surface area (Å²) in [6, 6.07) is 49.8. The Morgan fingerprint density at radius 3 is 1.98 bits per heavy atom. The molecule has 0 N–H and O–H groups in total. The van der Waals surface area contributed by atoms with Crippen molar-refractivity contribution in [1.82, 2.24) is 14.5 Å². The first-order valence-electron chi connectivity index (χ1n) is 15.0. The van der Waals surface area contributed by atoms with Gasteiger partial charge in [0.1, 0.15) is 0 Å². The summed E-state index contributed by atoms with van der Waals surface area (Å²) in [6.45, 7) is 0. The smallest absolute Gasteiger partial charge is 0.160 e. The van der Waals surface area contributed by atoms with Gasteiger partial charge in [-0.05, 0) is 48.5 Å². The lowest BCUT2D eigenvalue weighted by Crippen LogP contribution is -1.96. The molecule has 0 amide bonds. The van der Waals surface area contributed by atoms with Crippen molar-refractivity contribution in [3.63, 3.8) is 0 Å². The van der Waals surface area contributed by atoms with Gasteiger partial charge in [0.25, 0.3) is 0 Å². The number of aromatic nitrogens is 3. The number of hydrogen-bond donors (Lipinski definition) is 0. The van der Waals surface area contributed by atoms with E-state index in [0.29, 0.717) is 0 Å². The van der Waals surface area contributed by atoms with Crippen LogP contribution in [0.3, 0.4) is 0 Å². The van der Waals surface area contributed by atoms with E-state index in [4.69, 9.17) is 9.97 Å². The van der Waals surface area contributed by atoms with Crippen LogP contribution in [0.5, 0.6) is 0 Å². The highest BCUT2D eigenvalue weighted by Gasteiger charge is 2.19. The Kier molecular flexibility index (Phi) is 5.32. The molecule has 0 aliphatic carbocycles. The van der Waals surface area contributed by atoms with Crippen LogP contribution in [0.2, 0.25) is 0 Å². The summed E-state index contributed by atoms with van der Waals surface area (Å²) >= 11 is 3.63. The third-order valence-electron chi connectivity index (χ3n) is 8.83. The second-order valence-corrected chi connectivity index (χ2v) is 13.5. The molecule has 4 aromatic heterocycles. The summed E-state index contributed by atoms with van der Waals surface area (Å²) in [5.41, 5.74) is 7.68. The average Bonchev–Trinajstić information content (AvgIpc) is 3.78. The van der Waals surface area contributed by atoms with Crippen LogP contribution >= 0.6 is 22.7 Å². The van der Waals surface area contributed by atoms with Crippen LogP contribution in [-0.2, 0) is 0 Å². The number of thiophene rings is 2. The molecule has 0 unspecified atom stereocenters. The van der Waals surface area contributed by atoms with Gasteiger partial charge < -0.3 is 4.57 Å². The number of nitrogens with zero attached hydrogens (tertiary/aromatic N) is 3. The summed E-state index contributed by atoms with van der Waals surface area (Å²) < 4.78 is 7.41. The van der Waals surface area contributed by atoms with E-state index in [2.05, 4.69) is 138 Å². The van der Waals surface area contributed by atoms with E-state index in [9.17, 15) is 0 Å². The molecule has 0 bridgehead atoms. The minimum atomic E-state index is 0.741. The summed E-state index contributed by atoms with van der Waals surface area (Å²) in [6.07, 6.45) is 0. The standard InChI is InChI=1S/C40H23N3S2/c1-2-10-24(11-3-1)36-39-37(30-14-6-9-17-33(30)45-39)42-40(41-36)25-18-20-26(21-19-25)43-31-15-7-4-12-27(31)28-22-23-34-35(38(28)43)29-13-5-8-16-32(29)44-34/h1-23H. The van der Waals surface area contributed by atoms with Crippen LogP contribution in [0.1, 0.15) is 0 Å². The van der Waals surface area contributed by atoms with E-state index < -0.39 is 0 Å². The highest BCUT2D eigenvalue weighted by molar-refractivity contribution is 7.26. The zero-order valence-electron chi connectivity index (χ0n) is 23.9. The van der Waals surface area contributed by atoms with Gasteiger partial charge >= 0.3 is 0 Å². The predicted molar refractivity (Wildman–Crippen MR) is 193 cm³/mol. The Bertz CT molecular complexity index is 2750. The van der Waals surface area contributed by atoms with E-state index in [1.807, 2.05) is 17.4 Å². The van der Waals surface area contributed by atoms with E-state index in [0.717, 1.165) is 38.5 Å².